The van der Waals surface area contributed by atoms with Crippen LogP contribution in [0, 0.1) is 12.8 Å². The highest BCUT2D eigenvalue weighted by Gasteiger charge is 2.13. The molecule has 0 radical (unpaired) electrons. The first-order chi connectivity index (χ1) is 8.66. The molecule has 1 fully saturated rings. The van der Waals surface area contributed by atoms with E-state index in [2.05, 4.69) is 58.3 Å². The summed E-state index contributed by atoms with van der Waals surface area (Å²) in [5.41, 5.74) is 2.62. The number of nitrogens with zero attached hydrogens (tertiary/aromatic N) is 1. The fourth-order valence-corrected chi connectivity index (χ4v) is 2.79. The molecule has 3 heteroatoms. The first-order valence-corrected chi connectivity index (χ1v) is 7.64. The lowest BCUT2D eigenvalue weighted by molar-refractivity contribution is 0.360. The smallest absolute Gasteiger partial charge is 0.0367 e. The fourth-order valence-electron chi connectivity index (χ4n) is 2.54. The minimum absolute atomic E-state index is 0.859. The molecule has 0 amide bonds. The van der Waals surface area contributed by atoms with Crippen LogP contribution in [0.4, 0.5) is 5.69 Å². The summed E-state index contributed by atoms with van der Waals surface area (Å²) in [5.74, 6) is 0.859. The molecule has 1 aromatic carbocycles. The summed E-state index contributed by atoms with van der Waals surface area (Å²) in [7, 11) is 2.19. The van der Waals surface area contributed by atoms with E-state index in [0.29, 0.717) is 0 Å². The van der Waals surface area contributed by atoms with Gasteiger partial charge in [0.1, 0.15) is 0 Å². The van der Waals surface area contributed by atoms with Crippen molar-refractivity contribution in [1.82, 2.24) is 5.32 Å². The van der Waals surface area contributed by atoms with Gasteiger partial charge < -0.3 is 10.2 Å². The summed E-state index contributed by atoms with van der Waals surface area (Å²) in [6.45, 7) is 5.70. The third-order valence-electron chi connectivity index (χ3n) is 3.85. The van der Waals surface area contributed by atoms with Crippen LogP contribution in [0.2, 0.25) is 0 Å². The maximum atomic E-state index is 3.55. The third kappa shape index (κ3) is 3.72. The first kappa shape index (κ1) is 13.9. The van der Waals surface area contributed by atoms with Gasteiger partial charge in [0.2, 0.25) is 0 Å². The van der Waals surface area contributed by atoms with Crippen molar-refractivity contribution in [2.75, 3.05) is 31.6 Å². The van der Waals surface area contributed by atoms with Crippen molar-refractivity contribution in [3.8, 4) is 0 Å². The molecule has 1 aliphatic rings. The van der Waals surface area contributed by atoms with Gasteiger partial charge in [-0.1, -0.05) is 15.9 Å². The van der Waals surface area contributed by atoms with Crippen LogP contribution in [0.5, 0.6) is 0 Å². The van der Waals surface area contributed by atoms with Gasteiger partial charge in [-0.2, -0.15) is 0 Å². The molecule has 1 aromatic rings. The van der Waals surface area contributed by atoms with Crippen LogP contribution in [0.3, 0.4) is 0 Å². The molecule has 2 rings (SSSR count). The van der Waals surface area contributed by atoms with Gasteiger partial charge in [0.15, 0.2) is 0 Å². The zero-order chi connectivity index (χ0) is 13.0. The quantitative estimate of drug-likeness (QED) is 0.914. The minimum Gasteiger partial charge on any atom is -0.375 e. The van der Waals surface area contributed by atoms with Crippen molar-refractivity contribution in [2.45, 2.75) is 26.2 Å². The van der Waals surface area contributed by atoms with E-state index in [1.165, 1.54) is 48.1 Å². The van der Waals surface area contributed by atoms with Crippen molar-refractivity contribution in [2.24, 2.45) is 5.92 Å². The average molecular weight is 311 g/mol. The Labute approximate surface area is 119 Å². The maximum Gasteiger partial charge on any atom is 0.0367 e. The first-order valence-electron chi connectivity index (χ1n) is 6.85. The van der Waals surface area contributed by atoms with Crippen molar-refractivity contribution in [1.29, 1.82) is 0 Å². The van der Waals surface area contributed by atoms with Crippen molar-refractivity contribution < 1.29 is 0 Å². The molecular weight excluding hydrogens is 288 g/mol. The number of piperidine rings is 1. The van der Waals surface area contributed by atoms with Crippen molar-refractivity contribution in [3.05, 3.63) is 28.2 Å². The number of anilines is 1. The molecule has 1 atom stereocenters. The second kappa shape index (κ2) is 6.58. The molecule has 1 unspecified atom stereocenters. The second-order valence-electron chi connectivity index (χ2n) is 5.36. The number of hydrogen-bond acceptors (Lipinski definition) is 2. The van der Waals surface area contributed by atoms with E-state index in [4.69, 9.17) is 0 Å². The normalized spacial score (nSPS) is 19.8. The lowest BCUT2D eigenvalue weighted by atomic mass is 9.96. The van der Waals surface area contributed by atoms with E-state index in [9.17, 15) is 0 Å². The maximum absolute atomic E-state index is 3.55. The number of hydrogen-bond donors (Lipinski definition) is 1. The van der Waals surface area contributed by atoms with Gasteiger partial charge in [0.05, 0.1) is 0 Å². The summed E-state index contributed by atoms with van der Waals surface area (Å²) in [4.78, 5) is 2.37. The van der Waals surface area contributed by atoms with Crippen LogP contribution < -0.4 is 10.2 Å². The number of nitrogens with one attached hydrogen (secondary N) is 1. The molecule has 1 N–H and O–H groups in total. The van der Waals surface area contributed by atoms with Crippen LogP contribution in [-0.4, -0.2) is 26.7 Å². The molecule has 1 heterocycles. The molecule has 0 aliphatic carbocycles. The molecule has 0 spiro atoms. The highest BCUT2D eigenvalue weighted by atomic mass is 79.9. The summed E-state index contributed by atoms with van der Waals surface area (Å²) in [5, 5.41) is 3.49. The van der Waals surface area contributed by atoms with Gasteiger partial charge in [-0.05, 0) is 69.0 Å². The van der Waals surface area contributed by atoms with E-state index in [1.807, 2.05) is 0 Å². The molecule has 100 valence electrons. The molecule has 2 nitrogen and oxygen atoms in total. The van der Waals surface area contributed by atoms with E-state index in [0.717, 1.165) is 12.5 Å². The molecule has 0 bridgehead atoms. The Morgan fingerprint density at radius 2 is 2.28 bits per heavy atom. The molecule has 0 aromatic heterocycles. The third-order valence-corrected chi connectivity index (χ3v) is 4.74. The number of rotatable bonds is 4. The standard InChI is InChI=1S/C15H23BrN2/c1-12-10-14(5-6-15(12)16)18(2)9-7-13-4-3-8-17-11-13/h5-6,10,13,17H,3-4,7-9,11H2,1-2H3. The van der Waals surface area contributed by atoms with Gasteiger partial charge in [0.25, 0.3) is 0 Å². The SMILES string of the molecule is Cc1cc(N(C)CCC2CCCNC2)ccc1Br. The van der Waals surface area contributed by atoms with Crippen LogP contribution in [0.1, 0.15) is 24.8 Å². The van der Waals surface area contributed by atoms with Crippen molar-refractivity contribution >= 4 is 21.6 Å². The molecule has 0 saturated carbocycles. The largest absolute Gasteiger partial charge is 0.375 e. The minimum atomic E-state index is 0.859. The molecule has 18 heavy (non-hydrogen) atoms. The number of benzene rings is 1. The monoisotopic (exact) mass is 310 g/mol. The summed E-state index contributed by atoms with van der Waals surface area (Å²) in [6, 6.07) is 6.59. The van der Waals surface area contributed by atoms with Gasteiger partial charge in [-0.25, -0.2) is 0 Å². The predicted molar refractivity (Wildman–Crippen MR) is 82.4 cm³/mol. The Bertz CT molecular complexity index is 386. The van der Waals surface area contributed by atoms with Gasteiger partial charge >= 0.3 is 0 Å². The highest BCUT2D eigenvalue weighted by molar-refractivity contribution is 9.10. The van der Waals surface area contributed by atoms with E-state index >= 15 is 0 Å². The zero-order valence-electron chi connectivity index (χ0n) is 11.4. The van der Waals surface area contributed by atoms with Crippen LogP contribution >= 0.6 is 15.9 Å². The number of aryl methyl sites for hydroxylation is 1. The highest BCUT2D eigenvalue weighted by Crippen LogP contribution is 2.23. The average Bonchev–Trinajstić information content (AvgIpc) is 2.40. The van der Waals surface area contributed by atoms with E-state index in [1.54, 1.807) is 0 Å². The Morgan fingerprint density at radius 1 is 1.44 bits per heavy atom. The van der Waals surface area contributed by atoms with Gasteiger partial charge in [-0.15, -0.1) is 0 Å². The van der Waals surface area contributed by atoms with E-state index < -0.39 is 0 Å². The van der Waals surface area contributed by atoms with E-state index in [-0.39, 0.29) is 0 Å². The Morgan fingerprint density at radius 3 is 2.94 bits per heavy atom. The predicted octanol–water partition coefficient (Wildman–Crippen LogP) is 3.58. The van der Waals surface area contributed by atoms with Crippen LogP contribution in [0.15, 0.2) is 22.7 Å². The second-order valence-corrected chi connectivity index (χ2v) is 6.21. The molecule has 1 aliphatic heterocycles. The topological polar surface area (TPSA) is 15.3 Å². The van der Waals surface area contributed by atoms with Crippen LogP contribution in [0.25, 0.3) is 0 Å². The van der Waals surface area contributed by atoms with Gasteiger partial charge in [0, 0.05) is 23.8 Å². The Hall–Kier alpha value is -0.540. The van der Waals surface area contributed by atoms with Crippen LogP contribution in [-0.2, 0) is 0 Å². The Balaban J connectivity index is 1.86. The molecular formula is C15H23BrN2. The summed E-state index contributed by atoms with van der Waals surface area (Å²) < 4.78 is 1.19. The van der Waals surface area contributed by atoms with Crippen molar-refractivity contribution in [3.63, 3.8) is 0 Å². The van der Waals surface area contributed by atoms with Gasteiger partial charge in [-0.3, -0.25) is 0 Å². The lowest BCUT2D eigenvalue weighted by Gasteiger charge is -2.26. The zero-order valence-corrected chi connectivity index (χ0v) is 13.0. The Kier molecular flexibility index (Phi) is 5.07. The number of halogens is 1. The summed E-state index contributed by atoms with van der Waals surface area (Å²) in [6.07, 6.45) is 4.02. The molecule has 1 saturated heterocycles. The fraction of sp³-hybridized carbons (Fsp3) is 0.600. The summed E-state index contributed by atoms with van der Waals surface area (Å²) >= 11 is 3.55. The lowest BCUT2D eigenvalue weighted by Crippen LogP contribution is -2.32.